The predicted molar refractivity (Wildman–Crippen MR) is 237 cm³/mol. The van der Waals surface area contributed by atoms with Crippen molar-refractivity contribution in [3.05, 3.63) is 11.8 Å². The van der Waals surface area contributed by atoms with E-state index in [1.165, 1.54) is 205 Å². The van der Waals surface area contributed by atoms with Crippen molar-refractivity contribution in [3.8, 4) is 0 Å². The maximum atomic E-state index is 11.5. The Labute approximate surface area is 346 Å². The first kappa shape index (κ1) is 56.1. The second-order valence-corrected chi connectivity index (χ2v) is 16.1. The van der Waals surface area contributed by atoms with Gasteiger partial charge in [-0.2, -0.15) is 0 Å². The Morgan fingerprint density at radius 1 is 0.625 bits per heavy atom. The van der Waals surface area contributed by atoms with Crippen molar-refractivity contribution >= 4 is 18.7 Å². The first-order valence-electron chi connectivity index (χ1n) is 23.7. The first-order valence-corrected chi connectivity index (χ1v) is 23.7. The van der Waals surface area contributed by atoms with Crippen molar-refractivity contribution in [2.45, 2.75) is 233 Å². The van der Waals surface area contributed by atoms with Crippen LogP contribution in [0, 0.1) is 5.92 Å². The number of ketones is 1. The minimum absolute atomic E-state index is 0.0374. The molecule has 2 unspecified atom stereocenters. The Balaban J connectivity index is 0. The zero-order valence-electron chi connectivity index (χ0n) is 37.4. The Kier molecular flexibility index (Phi) is 47.5. The normalized spacial score (nSPS) is 13.9. The van der Waals surface area contributed by atoms with Gasteiger partial charge in [0.2, 0.25) is 0 Å². The Morgan fingerprint density at radius 3 is 1.41 bits per heavy atom. The van der Waals surface area contributed by atoms with Gasteiger partial charge in [0.1, 0.15) is 0 Å². The van der Waals surface area contributed by atoms with Gasteiger partial charge in [0.15, 0.2) is 11.9 Å². The maximum absolute atomic E-state index is 11.5. The lowest BCUT2D eigenvalue weighted by atomic mass is 9.89. The number of unbranched alkanes of at least 4 members (excludes halogenated alkanes) is 22. The molecule has 0 aromatic rings. The number of carbonyl (C=O) groups excluding carboxylic acids is 2. The second-order valence-electron chi connectivity index (χ2n) is 16.1. The van der Waals surface area contributed by atoms with Crippen LogP contribution in [0.2, 0.25) is 0 Å². The summed E-state index contributed by atoms with van der Waals surface area (Å²) >= 11 is 0. The third-order valence-electron chi connectivity index (χ3n) is 10.9. The number of nitrogens with one attached hydrogen (secondary N) is 1. The van der Waals surface area contributed by atoms with Crippen molar-refractivity contribution in [1.82, 2.24) is 10.4 Å². The van der Waals surface area contributed by atoms with Crippen LogP contribution in [0.25, 0.3) is 0 Å². The molecule has 9 nitrogen and oxygen atoms in total. The molecule has 56 heavy (non-hydrogen) atoms. The third kappa shape index (κ3) is 40.2. The van der Waals surface area contributed by atoms with Crippen LogP contribution < -0.4 is 11.2 Å². The van der Waals surface area contributed by atoms with Gasteiger partial charge in [0.25, 0.3) is 12.9 Å². The molecule has 0 aromatic heterocycles. The molecule has 1 rings (SSSR count). The molecule has 0 aromatic carbocycles. The molecule has 0 bridgehead atoms. The highest BCUT2D eigenvalue weighted by atomic mass is 16.7. The Bertz CT molecular complexity index is 858. The molecule has 1 aliphatic carbocycles. The minimum Gasteiger partial charge on any atom is -0.483 e. The molecule has 332 valence electrons. The minimum atomic E-state index is -0.573. The molecule has 0 aliphatic heterocycles. The summed E-state index contributed by atoms with van der Waals surface area (Å²) in [6, 6.07) is 0. The monoisotopic (exact) mass is 796 g/mol. The Hall–Kier alpha value is -1.97. The van der Waals surface area contributed by atoms with E-state index in [2.05, 4.69) is 42.8 Å². The summed E-state index contributed by atoms with van der Waals surface area (Å²) in [5, 5.41) is 6.89. The third-order valence-corrected chi connectivity index (χ3v) is 10.9. The van der Waals surface area contributed by atoms with Gasteiger partial charge in [-0.05, 0) is 51.2 Å². The number of hydrogen-bond donors (Lipinski definition) is 3. The van der Waals surface area contributed by atoms with Gasteiger partial charge >= 0.3 is 0 Å². The van der Waals surface area contributed by atoms with Gasteiger partial charge in [0, 0.05) is 12.6 Å². The highest BCUT2D eigenvalue weighted by molar-refractivity contribution is 6.03. The van der Waals surface area contributed by atoms with E-state index in [1.54, 1.807) is 0 Å². The van der Waals surface area contributed by atoms with E-state index in [-0.39, 0.29) is 12.3 Å². The molecule has 4 N–H and O–H groups in total. The van der Waals surface area contributed by atoms with E-state index in [0.29, 0.717) is 18.8 Å². The Morgan fingerprint density at radius 2 is 1.00 bits per heavy atom. The predicted octanol–water partition coefficient (Wildman–Crippen LogP) is 12.3. The van der Waals surface area contributed by atoms with Crippen molar-refractivity contribution in [2.75, 3.05) is 32.8 Å². The largest absolute Gasteiger partial charge is 0.483 e. The molecular weight excluding hydrogens is 703 g/mol. The molecule has 9 heteroatoms. The number of hydroxylamine groups is 1. The summed E-state index contributed by atoms with van der Waals surface area (Å²) in [6.07, 6.45) is 42.9. The fourth-order valence-corrected chi connectivity index (χ4v) is 7.30. The lowest BCUT2D eigenvalue weighted by Gasteiger charge is -2.24. The molecule has 0 amide bonds. The summed E-state index contributed by atoms with van der Waals surface area (Å²) in [4.78, 5) is 37.7. The lowest BCUT2D eigenvalue weighted by Crippen LogP contribution is -2.42. The smallest absolute Gasteiger partial charge is 0.293 e. The number of hydrogen-bond acceptors (Lipinski definition) is 8. The van der Waals surface area contributed by atoms with Gasteiger partial charge < -0.3 is 20.5 Å². The van der Waals surface area contributed by atoms with Crippen molar-refractivity contribution in [3.63, 3.8) is 0 Å². The first-order chi connectivity index (χ1) is 27.4. The van der Waals surface area contributed by atoms with Gasteiger partial charge in [-0.1, -0.05) is 201 Å². The van der Waals surface area contributed by atoms with Crippen molar-refractivity contribution in [2.24, 2.45) is 11.7 Å². The maximum Gasteiger partial charge on any atom is 0.293 e. The fraction of sp³-hybridized carbons (Fsp3) is 0.894. The SMILES string of the molecule is CCCCCCCCCOC=O.CCCCCCCCN(CCCCCCCC(CCCCCC)CCCCCCC)CCCNOC1C(=O)C=C1N.O=CO. The summed E-state index contributed by atoms with van der Waals surface area (Å²) in [5.41, 5.74) is 9.21. The molecule has 0 fully saturated rings. The second kappa shape index (κ2) is 47.4. The fourth-order valence-electron chi connectivity index (χ4n) is 7.30. The van der Waals surface area contributed by atoms with Crippen LogP contribution in [-0.4, -0.2) is 67.6 Å². The number of nitrogens with zero attached hydrogens (tertiary/aromatic N) is 1. The van der Waals surface area contributed by atoms with Crippen molar-refractivity contribution < 1.29 is 29.1 Å². The summed E-state index contributed by atoms with van der Waals surface area (Å²) in [5.74, 6) is 0.943. The van der Waals surface area contributed by atoms with Crippen LogP contribution in [0.1, 0.15) is 227 Å². The van der Waals surface area contributed by atoms with E-state index in [1.807, 2.05) is 0 Å². The van der Waals surface area contributed by atoms with E-state index in [4.69, 9.17) is 20.5 Å². The zero-order chi connectivity index (χ0) is 41.6. The molecule has 0 saturated heterocycles. The molecular formula is C47H93N3O6. The van der Waals surface area contributed by atoms with Crippen LogP contribution >= 0.6 is 0 Å². The van der Waals surface area contributed by atoms with Crippen LogP contribution in [0.5, 0.6) is 0 Å². The molecule has 0 saturated carbocycles. The molecule has 2 atom stereocenters. The molecule has 0 radical (unpaired) electrons. The topological polar surface area (TPSA) is 131 Å². The van der Waals surface area contributed by atoms with Gasteiger partial charge in [-0.15, -0.1) is 0 Å². The van der Waals surface area contributed by atoms with Gasteiger partial charge in [0.05, 0.1) is 12.3 Å². The van der Waals surface area contributed by atoms with E-state index in [9.17, 15) is 9.59 Å². The average molecular weight is 796 g/mol. The lowest BCUT2D eigenvalue weighted by molar-refractivity contribution is -0.131. The van der Waals surface area contributed by atoms with Crippen LogP contribution in [0.15, 0.2) is 11.8 Å². The highest BCUT2D eigenvalue weighted by Gasteiger charge is 2.29. The van der Waals surface area contributed by atoms with Gasteiger partial charge in [-0.25, -0.2) is 5.48 Å². The van der Waals surface area contributed by atoms with Crippen LogP contribution in [0.4, 0.5) is 0 Å². The number of rotatable bonds is 41. The average Bonchev–Trinajstić information content (AvgIpc) is 3.19. The number of carbonyl (C=O) groups is 3. The van der Waals surface area contributed by atoms with E-state index >= 15 is 0 Å². The highest BCUT2D eigenvalue weighted by Crippen LogP contribution is 2.24. The number of ether oxygens (including phenoxy) is 1. The van der Waals surface area contributed by atoms with Crippen molar-refractivity contribution in [1.29, 1.82) is 0 Å². The van der Waals surface area contributed by atoms with Gasteiger partial charge in [-0.3, -0.25) is 19.2 Å². The summed E-state index contributed by atoms with van der Waals surface area (Å²) in [6.45, 7) is 14.3. The van der Waals surface area contributed by atoms with Crippen LogP contribution in [0.3, 0.4) is 0 Å². The summed E-state index contributed by atoms with van der Waals surface area (Å²) in [7, 11) is 0. The molecule has 0 heterocycles. The van der Waals surface area contributed by atoms with E-state index < -0.39 is 6.10 Å². The molecule has 1 aliphatic rings. The molecule has 0 spiro atoms. The van der Waals surface area contributed by atoms with E-state index in [0.717, 1.165) is 31.8 Å². The quantitative estimate of drug-likeness (QED) is 0.0314. The summed E-state index contributed by atoms with van der Waals surface area (Å²) < 4.78 is 4.58. The number of nitrogens with two attached hydrogens (primary N) is 1. The zero-order valence-corrected chi connectivity index (χ0v) is 37.4. The number of carboxylic acid groups (broad SMARTS) is 1. The van der Waals surface area contributed by atoms with Crippen LogP contribution in [-0.2, 0) is 24.0 Å². The standard InChI is InChI=1S/C36H71N3O2.C10H20O2.CH2O2/c1-4-7-10-13-17-22-29-39(31-24-28-38-41-36-34(37)32-35(36)40)30-23-18-14-16-21-27-33(25-19-12-9-6-3)26-20-15-11-8-5-2;1-2-3-4-5-6-7-8-9-12-10-11;2-1-3/h32-33,36,38H,4-31,37H2,1-3H3;10H,2-9H2,1H3;1H,(H,2,3).